The van der Waals surface area contributed by atoms with Crippen molar-refractivity contribution in [2.24, 2.45) is 5.73 Å². The SMILES string of the molecule is CCCCCCCC(C)(CN)N(C)C(C)(C)CC. The van der Waals surface area contributed by atoms with Crippen molar-refractivity contribution in [2.75, 3.05) is 13.6 Å². The van der Waals surface area contributed by atoms with Gasteiger partial charge in [-0.1, -0.05) is 46.0 Å². The number of nitrogens with two attached hydrogens (primary N) is 1. The summed E-state index contributed by atoms with van der Waals surface area (Å²) in [5.41, 5.74) is 6.44. The molecule has 0 radical (unpaired) electrons. The molecule has 2 N–H and O–H groups in total. The fourth-order valence-corrected chi connectivity index (χ4v) is 2.48. The molecule has 0 fully saturated rings. The monoisotopic (exact) mass is 256 g/mol. The van der Waals surface area contributed by atoms with Crippen LogP contribution < -0.4 is 5.73 Å². The second-order valence-electron chi connectivity index (χ2n) is 6.59. The van der Waals surface area contributed by atoms with Gasteiger partial charge in [0.25, 0.3) is 0 Å². The first kappa shape index (κ1) is 17.9. The summed E-state index contributed by atoms with van der Waals surface area (Å²) in [5.74, 6) is 0. The summed E-state index contributed by atoms with van der Waals surface area (Å²) in [6.45, 7) is 12.2. The Morgan fingerprint density at radius 1 is 0.944 bits per heavy atom. The van der Waals surface area contributed by atoms with E-state index in [0.29, 0.717) is 0 Å². The quantitative estimate of drug-likeness (QED) is 0.594. The van der Waals surface area contributed by atoms with Crippen LogP contribution in [0.4, 0.5) is 0 Å². The van der Waals surface area contributed by atoms with Crippen molar-refractivity contribution in [1.29, 1.82) is 0 Å². The lowest BCUT2D eigenvalue weighted by molar-refractivity contribution is 0.0281. The molecule has 0 amide bonds. The Morgan fingerprint density at radius 3 is 1.94 bits per heavy atom. The molecule has 0 aromatic rings. The van der Waals surface area contributed by atoms with Crippen molar-refractivity contribution >= 4 is 0 Å². The third-order valence-corrected chi connectivity index (χ3v) is 4.84. The van der Waals surface area contributed by atoms with Crippen LogP contribution in [0, 0.1) is 0 Å². The van der Waals surface area contributed by atoms with Crippen LogP contribution in [0.1, 0.15) is 79.6 Å². The zero-order chi connectivity index (χ0) is 14.2. The molecule has 2 nitrogen and oxygen atoms in total. The molecule has 0 spiro atoms. The van der Waals surface area contributed by atoms with E-state index in [2.05, 4.69) is 46.6 Å². The average Bonchev–Trinajstić information content (AvgIpc) is 2.37. The summed E-state index contributed by atoms with van der Waals surface area (Å²) >= 11 is 0. The molecule has 0 heterocycles. The second kappa shape index (κ2) is 8.16. The molecule has 0 bridgehead atoms. The Balaban J connectivity index is 4.33. The molecule has 1 unspecified atom stereocenters. The van der Waals surface area contributed by atoms with E-state index in [1.165, 1.54) is 38.5 Å². The van der Waals surface area contributed by atoms with Gasteiger partial charge in [-0.25, -0.2) is 0 Å². The van der Waals surface area contributed by atoms with Crippen LogP contribution in [0.2, 0.25) is 0 Å². The molecule has 0 aliphatic heterocycles. The van der Waals surface area contributed by atoms with Gasteiger partial charge in [-0.15, -0.1) is 0 Å². The van der Waals surface area contributed by atoms with Crippen molar-refractivity contribution in [3.63, 3.8) is 0 Å². The van der Waals surface area contributed by atoms with Gasteiger partial charge in [-0.2, -0.15) is 0 Å². The van der Waals surface area contributed by atoms with Crippen LogP contribution in [0.25, 0.3) is 0 Å². The fourth-order valence-electron chi connectivity index (χ4n) is 2.48. The Labute approximate surface area is 115 Å². The molecule has 0 saturated heterocycles. The smallest absolute Gasteiger partial charge is 0.0305 e. The van der Waals surface area contributed by atoms with Crippen LogP contribution >= 0.6 is 0 Å². The van der Waals surface area contributed by atoms with Crippen LogP contribution in [0.3, 0.4) is 0 Å². The third kappa shape index (κ3) is 5.27. The molecule has 0 aromatic carbocycles. The fraction of sp³-hybridized carbons (Fsp3) is 1.00. The number of hydrogen-bond donors (Lipinski definition) is 1. The summed E-state index contributed by atoms with van der Waals surface area (Å²) in [6.07, 6.45) is 9.09. The number of hydrogen-bond acceptors (Lipinski definition) is 2. The second-order valence-corrected chi connectivity index (χ2v) is 6.59. The standard InChI is InChI=1S/C16H36N2/c1-7-9-10-11-12-13-16(5,14-17)18(6)15(3,4)8-2/h7-14,17H2,1-6H3. The molecule has 0 aliphatic carbocycles. The van der Waals surface area contributed by atoms with E-state index in [9.17, 15) is 0 Å². The highest BCUT2D eigenvalue weighted by molar-refractivity contribution is 4.93. The van der Waals surface area contributed by atoms with E-state index in [4.69, 9.17) is 5.73 Å². The Hall–Kier alpha value is -0.0800. The maximum atomic E-state index is 6.06. The molecule has 0 aliphatic rings. The zero-order valence-corrected chi connectivity index (χ0v) is 13.7. The van der Waals surface area contributed by atoms with Crippen LogP contribution in [-0.2, 0) is 0 Å². The summed E-state index contributed by atoms with van der Waals surface area (Å²) in [4.78, 5) is 2.50. The van der Waals surface area contributed by atoms with E-state index in [-0.39, 0.29) is 11.1 Å². The highest BCUT2D eigenvalue weighted by atomic mass is 15.2. The molecular formula is C16H36N2. The normalized spacial score (nSPS) is 16.0. The molecule has 2 heteroatoms. The minimum absolute atomic E-state index is 0.145. The largest absolute Gasteiger partial charge is 0.329 e. The van der Waals surface area contributed by atoms with Crippen molar-refractivity contribution in [1.82, 2.24) is 4.90 Å². The number of unbranched alkanes of at least 4 members (excludes halogenated alkanes) is 4. The van der Waals surface area contributed by atoms with E-state index in [1.807, 2.05) is 0 Å². The van der Waals surface area contributed by atoms with Crippen molar-refractivity contribution in [3.05, 3.63) is 0 Å². The molecule has 0 aromatic heterocycles. The topological polar surface area (TPSA) is 29.3 Å². The van der Waals surface area contributed by atoms with E-state index in [0.717, 1.165) is 13.0 Å². The zero-order valence-electron chi connectivity index (χ0n) is 13.7. The van der Waals surface area contributed by atoms with Crippen molar-refractivity contribution < 1.29 is 0 Å². The number of nitrogens with zero attached hydrogens (tertiary/aromatic N) is 1. The molecule has 110 valence electrons. The minimum Gasteiger partial charge on any atom is -0.329 e. The van der Waals surface area contributed by atoms with Crippen LogP contribution in [0.15, 0.2) is 0 Å². The lowest BCUT2D eigenvalue weighted by Crippen LogP contribution is -2.58. The Kier molecular flexibility index (Phi) is 8.13. The maximum absolute atomic E-state index is 6.06. The first-order valence-corrected chi connectivity index (χ1v) is 7.78. The van der Waals surface area contributed by atoms with Gasteiger partial charge in [0.05, 0.1) is 0 Å². The summed E-state index contributed by atoms with van der Waals surface area (Å²) in [6, 6.07) is 0. The number of rotatable bonds is 10. The molecule has 0 rings (SSSR count). The average molecular weight is 256 g/mol. The van der Waals surface area contributed by atoms with Crippen LogP contribution in [0.5, 0.6) is 0 Å². The van der Waals surface area contributed by atoms with E-state index >= 15 is 0 Å². The highest BCUT2D eigenvalue weighted by Crippen LogP contribution is 2.29. The molecule has 1 atom stereocenters. The first-order chi connectivity index (χ1) is 8.34. The predicted octanol–water partition coefficient (Wildman–Crippen LogP) is 4.18. The predicted molar refractivity (Wildman–Crippen MR) is 83.0 cm³/mol. The van der Waals surface area contributed by atoms with Gasteiger partial charge in [0.2, 0.25) is 0 Å². The van der Waals surface area contributed by atoms with Gasteiger partial charge in [0, 0.05) is 17.6 Å². The van der Waals surface area contributed by atoms with Gasteiger partial charge >= 0.3 is 0 Å². The summed E-state index contributed by atoms with van der Waals surface area (Å²) in [5, 5.41) is 0. The Morgan fingerprint density at radius 2 is 1.50 bits per heavy atom. The van der Waals surface area contributed by atoms with E-state index < -0.39 is 0 Å². The van der Waals surface area contributed by atoms with Crippen LogP contribution in [-0.4, -0.2) is 29.6 Å². The van der Waals surface area contributed by atoms with Gasteiger partial charge < -0.3 is 5.73 Å². The molecule has 18 heavy (non-hydrogen) atoms. The third-order valence-electron chi connectivity index (χ3n) is 4.84. The first-order valence-electron chi connectivity index (χ1n) is 7.78. The van der Waals surface area contributed by atoms with E-state index in [1.54, 1.807) is 0 Å². The van der Waals surface area contributed by atoms with Gasteiger partial charge in [0.1, 0.15) is 0 Å². The Bertz CT molecular complexity index is 213. The molecule has 0 saturated carbocycles. The highest BCUT2D eigenvalue weighted by Gasteiger charge is 2.35. The number of likely N-dealkylation sites (N-methyl/N-ethyl adjacent to an activating group) is 1. The molecular weight excluding hydrogens is 220 g/mol. The summed E-state index contributed by atoms with van der Waals surface area (Å²) < 4.78 is 0. The summed E-state index contributed by atoms with van der Waals surface area (Å²) in [7, 11) is 2.24. The lowest BCUT2D eigenvalue weighted by atomic mass is 9.86. The lowest BCUT2D eigenvalue weighted by Gasteiger charge is -2.48. The van der Waals surface area contributed by atoms with Crippen molar-refractivity contribution in [3.8, 4) is 0 Å². The maximum Gasteiger partial charge on any atom is 0.0305 e. The van der Waals surface area contributed by atoms with Gasteiger partial charge in [-0.05, 0) is 40.7 Å². The van der Waals surface area contributed by atoms with Gasteiger partial charge in [0.15, 0.2) is 0 Å². The minimum atomic E-state index is 0.145. The van der Waals surface area contributed by atoms with Crippen molar-refractivity contribution in [2.45, 2.75) is 90.6 Å². The van der Waals surface area contributed by atoms with Gasteiger partial charge in [-0.3, -0.25) is 4.90 Å².